The molecule has 0 radical (unpaired) electrons. The topological polar surface area (TPSA) is 49.3 Å². The third-order valence-corrected chi connectivity index (χ3v) is 3.93. The van der Waals surface area contributed by atoms with Crippen molar-refractivity contribution in [3.05, 3.63) is 0 Å². The smallest absolute Gasteiger partial charge is 0.307 e. The van der Waals surface area contributed by atoms with Crippen molar-refractivity contribution >= 4 is 30.1 Å². The number of thioether (sulfide) groups is 1. The first-order valence-corrected chi connectivity index (χ1v) is 5.94. The summed E-state index contributed by atoms with van der Waals surface area (Å²) < 4.78 is 0. The van der Waals surface area contributed by atoms with E-state index in [9.17, 15) is 4.79 Å². The summed E-state index contributed by atoms with van der Waals surface area (Å²) in [7, 11) is 0. The third-order valence-electron chi connectivity index (χ3n) is 2.65. The first-order valence-electron chi connectivity index (χ1n) is 4.65. The molecule has 0 amide bonds. The SMILES string of the molecule is CS[C@@H](C1CCCN1)[C@@H](C)C(=O)O.Cl. The fourth-order valence-corrected chi connectivity index (χ4v) is 2.93. The number of aliphatic carboxylic acids is 1. The highest BCUT2D eigenvalue weighted by Gasteiger charge is 2.31. The van der Waals surface area contributed by atoms with Crippen LogP contribution in [0.15, 0.2) is 0 Å². The number of carboxylic acids is 1. The molecule has 0 aromatic heterocycles. The second kappa shape index (κ2) is 6.53. The van der Waals surface area contributed by atoms with Gasteiger partial charge in [-0.25, -0.2) is 0 Å². The van der Waals surface area contributed by atoms with E-state index in [1.165, 1.54) is 6.42 Å². The molecule has 84 valence electrons. The average molecular weight is 240 g/mol. The predicted molar refractivity (Wildman–Crippen MR) is 62.4 cm³/mol. The van der Waals surface area contributed by atoms with Gasteiger partial charge in [0.15, 0.2) is 0 Å². The van der Waals surface area contributed by atoms with Gasteiger partial charge in [0.25, 0.3) is 0 Å². The number of carboxylic acid groups (broad SMARTS) is 1. The van der Waals surface area contributed by atoms with Gasteiger partial charge in [-0.1, -0.05) is 6.92 Å². The highest BCUT2D eigenvalue weighted by Crippen LogP contribution is 2.25. The lowest BCUT2D eigenvalue weighted by atomic mass is 10.00. The van der Waals surface area contributed by atoms with Gasteiger partial charge in [0.2, 0.25) is 0 Å². The number of rotatable bonds is 4. The Morgan fingerprint density at radius 1 is 1.64 bits per heavy atom. The molecule has 0 spiro atoms. The van der Waals surface area contributed by atoms with Crippen LogP contribution in [0.1, 0.15) is 19.8 Å². The Balaban J connectivity index is 0.00000169. The number of halogens is 1. The molecule has 0 aromatic carbocycles. The Bertz CT molecular complexity index is 186. The molecule has 1 aliphatic heterocycles. The van der Waals surface area contributed by atoms with Crippen LogP contribution < -0.4 is 5.32 Å². The van der Waals surface area contributed by atoms with Gasteiger partial charge in [0.05, 0.1) is 5.92 Å². The first kappa shape index (κ1) is 14.1. The minimum absolute atomic E-state index is 0. The summed E-state index contributed by atoms with van der Waals surface area (Å²) in [6.45, 7) is 2.83. The molecule has 2 N–H and O–H groups in total. The molecule has 0 saturated carbocycles. The summed E-state index contributed by atoms with van der Waals surface area (Å²) in [6.07, 6.45) is 4.28. The number of nitrogens with one attached hydrogen (secondary N) is 1. The minimum Gasteiger partial charge on any atom is -0.481 e. The summed E-state index contributed by atoms with van der Waals surface area (Å²) >= 11 is 1.66. The second-order valence-electron chi connectivity index (χ2n) is 3.53. The molecule has 1 rings (SSSR count). The van der Waals surface area contributed by atoms with E-state index >= 15 is 0 Å². The molecule has 1 fully saturated rings. The highest BCUT2D eigenvalue weighted by atomic mass is 35.5. The summed E-state index contributed by atoms with van der Waals surface area (Å²) in [4.78, 5) is 10.8. The lowest BCUT2D eigenvalue weighted by molar-refractivity contribution is -0.141. The van der Waals surface area contributed by atoms with E-state index in [1.54, 1.807) is 18.7 Å². The maximum absolute atomic E-state index is 10.8. The van der Waals surface area contributed by atoms with Gasteiger partial charge in [0.1, 0.15) is 0 Å². The predicted octanol–water partition coefficient (Wildman–Crippen LogP) is 1.61. The van der Waals surface area contributed by atoms with E-state index in [0.717, 1.165) is 13.0 Å². The normalized spacial score (nSPS) is 25.1. The molecule has 0 aliphatic carbocycles. The molecule has 1 saturated heterocycles. The quantitative estimate of drug-likeness (QED) is 0.783. The summed E-state index contributed by atoms with van der Waals surface area (Å²) in [5.41, 5.74) is 0. The zero-order valence-electron chi connectivity index (χ0n) is 8.53. The van der Waals surface area contributed by atoms with Crippen LogP contribution in [0.2, 0.25) is 0 Å². The van der Waals surface area contributed by atoms with E-state index in [0.29, 0.717) is 6.04 Å². The Morgan fingerprint density at radius 2 is 2.29 bits per heavy atom. The molecule has 14 heavy (non-hydrogen) atoms. The monoisotopic (exact) mass is 239 g/mol. The van der Waals surface area contributed by atoms with Crippen LogP contribution in [0.3, 0.4) is 0 Å². The fraction of sp³-hybridized carbons (Fsp3) is 0.889. The van der Waals surface area contributed by atoms with Crippen molar-refractivity contribution < 1.29 is 9.90 Å². The summed E-state index contributed by atoms with van der Waals surface area (Å²) in [5.74, 6) is -0.946. The van der Waals surface area contributed by atoms with E-state index in [2.05, 4.69) is 5.32 Å². The Hall–Kier alpha value is 0.0700. The van der Waals surface area contributed by atoms with Crippen LogP contribution >= 0.6 is 24.2 Å². The van der Waals surface area contributed by atoms with E-state index in [1.807, 2.05) is 6.26 Å². The van der Waals surface area contributed by atoms with Gasteiger partial charge in [-0.2, -0.15) is 11.8 Å². The van der Waals surface area contributed by atoms with Gasteiger partial charge in [-0.3, -0.25) is 4.79 Å². The van der Waals surface area contributed by atoms with Crippen molar-refractivity contribution in [1.29, 1.82) is 0 Å². The lowest BCUT2D eigenvalue weighted by Gasteiger charge is -2.25. The number of hydrogen-bond donors (Lipinski definition) is 2. The molecule has 3 nitrogen and oxygen atoms in total. The molecule has 0 bridgehead atoms. The van der Waals surface area contributed by atoms with Crippen molar-refractivity contribution in [3.63, 3.8) is 0 Å². The van der Waals surface area contributed by atoms with Crippen molar-refractivity contribution in [1.82, 2.24) is 5.32 Å². The van der Waals surface area contributed by atoms with E-state index in [-0.39, 0.29) is 23.6 Å². The van der Waals surface area contributed by atoms with E-state index < -0.39 is 5.97 Å². The van der Waals surface area contributed by atoms with E-state index in [4.69, 9.17) is 5.11 Å². The summed E-state index contributed by atoms with van der Waals surface area (Å²) in [5, 5.41) is 12.5. The maximum Gasteiger partial charge on any atom is 0.307 e. The standard InChI is InChI=1S/C9H17NO2S.ClH/c1-6(9(11)12)8(13-2)7-4-3-5-10-7;/h6-8,10H,3-5H2,1-2H3,(H,11,12);1H/t6-,7?,8-;/m1./s1. The third kappa shape index (κ3) is 3.33. The van der Waals surface area contributed by atoms with Crippen LogP contribution in [0.25, 0.3) is 0 Å². The van der Waals surface area contributed by atoms with Gasteiger partial charge in [-0.15, -0.1) is 12.4 Å². The van der Waals surface area contributed by atoms with Crippen LogP contribution in [-0.2, 0) is 4.79 Å². The van der Waals surface area contributed by atoms with Crippen molar-refractivity contribution in [2.45, 2.75) is 31.1 Å². The molecule has 1 heterocycles. The van der Waals surface area contributed by atoms with Gasteiger partial charge in [0, 0.05) is 11.3 Å². The Morgan fingerprint density at radius 3 is 2.64 bits per heavy atom. The van der Waals surface area contributed by atoms with Gasteiger partial charge in [-0.05, 0) is 25.6 Å². The molecule has 0 aromatic rings. The van der Waals surface area contributed by atoms with Crippen LogP contribution in [0, 0.1) is 5.92 Å². The fourth-order valence-electron chi connectivity index (χ4n) is 1.85. The molecule has 3 atom stereocenters. The molecule has 5 heteroatoms. The Labute approximate surface area is 95.4 Å². The summed E-state index contributed by atoms with van der Waals surface area (Å²) in [6, 6.07) is 0.390. The number of carbonyl (C=O) groups is 1. The molecule has 1 unspecified atom stereocenters. The average Bonchev–Trinajstić information content (AvgIpc) is 2.58. The Kier molecular flexibility index (Phi) is 6.57. The van der Waals surface area contributed by atoms with Crippen LogP contribution in [-0.4, -0.2) is 35.2 Å². The molecular formula is C9H18ClNO2S. The highest BCUT2D eigenvalue weighted by molar-refractivity contribution is 7.99. The molecule has 1 aliphatic rings. The lowest BCUT2D eigenvalue weighted by Crippen LogP contribution is -2.39. The van der Waals surface area contributed by atoms with Crippen LogP contribution in [0.5, 0.6) is 0 Å². The zero-order valence-corrected chi connectivity index (χ0v) is 10.2. The van der Waals surface area contributed by atoms with Crippen molar-refractivity contribution in [2.24, 2.45) is 5.92 Å². The zero-order chi connectivity index (χ0) is 9.84. The van der Waals surface area contributed by atoms with Crippen molar-refractivity contribution in [2.75, 3.05) is 12.8 Å². The first-order chi connectivity index (χ1) is 6.16. The second-order valence-corrected chi connectivity index (χ2v) is 4.55. The molecular weight excluding hydrogens is 222 g/mol. The minimum atomic E-state index is -0.687. The van der Waals surface area contributed by atoms with Gasteiger partial charge >= 0.3 is 5.97 Å². The number of hydrogen-bond acceptors (Lipinski definition) is 3. The largest absolute Gasteiger partial charge is 0.481 e. The maximum atomic E-state index is 10.8. The van der Waals surface area contributed by atoms with Crippen LogP contribution in [0.4, 0.5) is 0 Å². The van der Waals surface area contributed by atoms with Crippen molar-refractivity contribution in [3.8, 4) is 0 Å². The van der Waals surface area contributed by atoms with Gasteiger partial charge < -0.3 is 10.4 Å².